The molecule has 8 nitrogen and oxygen atoms in total. The molecular weight excluding hydrogens is 464 g/mol. The summed E-state index contributed by atoms with van der Waals surface area (Å²) in [7, 11) is 0. The fraction of sp³-hybridized carbons (Fsp3) is 0.500. The van der Waals surface area contributed by atoms with E-state index < -0.39 is 28.6 Å². The van der Waals surface area contributed by atoms with Crippen LogP contribution in [0.4, 0.5) is 0 Å². The summed E-state index contributed by atoms with van der Waals surface area (Å²) in [5, 5.41) is 15.8. The Hall–Kier alpha value is -2.39. The zero-order chi connectivity index (χ0) is 22.5. The summed E-state index contributed by atoms with van der Waals surface area (Å²) in [5.41, 5.74) is 3.48. The van der Waals surface area contributed by atoms with E-state index in [0.29, 0.717) is 12.8 Å². The fourth-order valence-corrected chi connectivity index (χ4v) is 4.21. The molecule has 3 amide bonds. The SMILES string of the molecule is CC(C)C[C@@H](C(=O)N[C@@H](Cc1c[nH]c2ccccc12)C(=O)NC1CC1)[C@@H](Br)C(=O)NO. The average molecular weight is 493 g/mol. The number of nitrogens with one attached hydrogen (secondary N) is 4. The molecular formula is C22H29BrN4O4. The Bertz CT molecular complexity index is 940. The van der Waals surface area contributed by atoms with Gasteiger partial charge >= 0.3 is 0 Å². The summed E-state index contributed by atoms with van der Waals surface area (Å²) in [6, 6.07) is 7.17. The van der Waals surface area contributed by atoms with Gasteiger partial charge in [0.1, 0.15) is 10.9 Å². The number of H-pyrrole nitrogens is 1. The molecule has 0 unspecified atom stereocenters. The Morgan fingerprint density at radius 2 is 1.87 bits per heavy atom. The van der Waals surface area contributed by atoms with Gasteiger partial charge in [0, 0.05) is 29.6 Å². The van der Waals surface area contributed by atoms with E-state index in [0.717, 1.165) is 29.3 Å². The Labute approximate surface area is 189 Å². The van der Waals surface area contributed by atoms with Crippen LogP contribution < -0.4 is 16.1 Å². The Balaban J connectivity index is 1.81. The van der Waals surface area contributed by atoms with Crippen LogP contribution in [0.1, 0.15) is 38.7 Å². The zero-order valence-corrected chi connectivity index (χ0v) is 19.2. The van der Waals surface area contributed by atoms with Crippen LogP contribution in [-0.2, 0) is 20.8 Å². The van der Waals surface area contributed by atoms with Crippen LogP contribution in [0.15, 0.2) is 30.5 Å². The standard InChI is InChI=1S/C22H29BrN4O4/c1-12(2)9-16(19(23)22(30)27-31)20(28)26-18(21(29)25-14-7-8-14)10-13-11-24-17-6-4-3-5-15(13)17/h3-6,11-12,14,16,18-19,24,31H,7-10H2,1-2H3,(H,25,29)(H,26,28)(H,27,30)/t16-,18+,19-/m1/s1. The van der Waals surface area contributed by atoms with E-state index >= 15 is 0 Å². The third-order valence-corrected chi connectivity index (χ3v) is 6.49. The molecule has 31 heavy (non-hydrogen) atoms. The molecule has 2 aromatic rings. The molecule has 1 saturated carbocycles. The summed E-state index contributed by atoms with van der Waals surface area (Å²) in [6.45, 7) is 3.89. The fourth-order valence-electron chi connectivity index (χ4n) is 3.65. The van der Waals surface area contributed by atoms with Gasteiger partial charge in [0.2, 0.25) is 11.8 Å². The second-order valence-electron chi connectivity index (χ2n) is 8.52. The molecule has 0 spiro atoms. The van der Waals surface area contributed by atoms with Crippen molar-refractivity contribution in [2.45, 2.75) is 56.4 Å². The van der Waals surface area contributed by atoms with Crippen molar-refractivity contribution in [3.8, 4) is 0 Å². The lowest BCUT2D eigenvalue weighted by molar-refractivity contribution is -0.135. The summed E-state index contributed by atoms with van der Waals surface area (Å²) >= 11 is 3.23. The summed E-state index contributed by atoms with van der Waals surface area (Å²) < 4.78 is 0. The number of rotatable bonds is 10. The van der Waals surface area contributed by atoms with Gasteiger partial charge in [-0.25, -0.2) is 5.48 Å². The van der Waals surface area contributed by atoms with Crippen LogP contribution in [0.5, 0.6) is 0 Å². The Morgan fingerprint density at radius 3 is 2.52 bits per heavy atom. The van der Waals surface area contributed by atoms with Crippen molar-refractivity contribution >= 4 is 44.6 Å². The third-order valence-electron chi connectivity index (χ3n) is 5.43. The van der Waals surface area contributed by atoms with E-state index in [4.69, 9.17) is 5.21 Å². The number of fused-ring (bicyclic) bond motifs is 1. The molecule has 3 rings (SSSR count). The van der Waals surface area contributed by atoms with E-state index in [-0.39, 0.29) is 17.9 Å². The van der Waals surface area contributed by atoms with Crippen LogP contribution in [0, 0.1) is 11.8 Å². The van der Waals surface area contributed by atoms with Gasteiger partial charge in [0.15, 0.2) is 0 Å². The summed E-state index contributed by atoms with van der Waals surface area (Å²) in [5.74, 6) is -1.95. The van der Waals surface area contributed by atoms with Gasteiger partial charge in [-0.2, -0.15) is 0 Å². The van der Waals surface area contributed by atoms with Crippen molar-refractivity contribution in [1.29, 1.82) is 0 Å². The number of aromatic amines is 1. The van der Waals surface area contributed by atoms with E-state index in [2.05, 4.69) is 31.5 Å². The van der Waals surface area contributed by atoms with Gasteiger partial charge in [0.25, 0.3) is 5.91 Å². The maximum absolute atomic E-state index is 13.2. The molecule has 5 N–H and O–H groups in total. The van der Waals surface area contributed by atoms with Gasteiger partial charge in [-0.1, -0.05) is 48.0 Å². The van der Waals surface area contributed by atoms with Gasteiger partial charge in [-0.3, -0.25) is 19.6 Å². The van der Waals surface area contributed by atoms with Crippen molar-refractivity contribution in [2.75, 3.05) is 0 Å². The maximum atomic E-state index is 13.2. The molecule has 0 radical (unpaired) electrons. The quantitative estimate of drug-likeness (QED) is 0.198. The number of benzene rings is 1. The molecule has 0 saturated heterocycles. The second-order valence-corrected chi connectivity index (χ2v) is 9.51. The number of alkyl halides is 1. The first kappa shape index (κ1) is 23.3. The summed E-state index contributed by atoms with van der Waals surface area (Å²) in [6.07, 6.45) is 4.47. The highest BCUT2D eigenvalue weighted by Gasteiger charge is 2.35. The highest BCUT2D eigenvalue weighted by atomic mass is 79.9. The Kier molecular flexibility index (Phi) is 7.72. The third kappa shape index (κ3) is 6.07. The number of carbonyl (C=O) groups excluding carboxylic acids is 3. The molecule has 0 aliphatic heterocycles. The molecule has 9 heteroatoms. The number of aromatic nitrogens is 1. The molecule has 1 aliphatic carbocycles. The first-order valence-corrected chi connectivity index (χ1v) is 11.5. The molecule has 1 fully saturated rings. The lowest BCUT2D eigenvalue weighted by atomic mass is 9.92. The Morgan fingerprint density at radius 1 is 1.16 bits per heavy atom. The number of hydroxylamine groups is 1. The van der Waals surface area contributed by atoms with E-state index in [1.165, 1.54) is 0 Å². The molecule has 1 heterocycles. The smallest absolute Gasteiger partial charge is 0.257 e. The normalized spacial score (nSPS) is 16.5. The monoisotopic (exact) mass is 492 g/mol. The minimum Gasteiger partial charge on any atom is -0.361 e. The van der Waals surface area contributed by atoms with Crippen LogP contribution in [0.2, 0.25) is 0 Å². The highest BCUT2D eigenvalue weighted by molar-refractivity contribution is 9.10. The first-order chi connectivity index (χ1) is 14.8. The van der Waals surface area contributed by atoms with Crippen molar-refractivity contribution in [2.24, 2.45) is 11.8 Å². The van der Waals surface area contributed by atoms with Crippen molar-refractivity contribution in [1.82, 2.24) is 21.1 Å². The number of amides is 3. The van der Waals surface area contributed by atoms with Gasteiger partial charge in [-0.15, -0.1) is 0 Å². The lowest BCUT2D eigenvalue weighted by Crippen LogP contribution is -2.52. The number of carbonyl (C=O) groups is 3. The van der Waals surface area contributed by atoms with Gasteiger partial charge < -0.3 is 15.6 Å². The van der Waals surface area contributed by atoms with E-state index in [1.807, 2.05) is 44.3 Å². The average Bonchev–Trinajstić information content (AvgIpc) is 3.48. The minimum absolute atomic E-state index is 0.134. The van der Waals surface area contributed by atoms with Crippen molar-refractivity contribution < 1.29 is 19.6 Å². The highest BCUT2D eigenvalue weighted by Crippen LogP contribution is 2.24. The second kappa shape index (κ2) is 10.3. The van der Waals surface area contributed by atoms with Crippen molar-refractivity contribution in [3.05, 3.63) is 36.0 Å². The predicted octanol–water partition coefficient (Wildman–Crippen LogP) is 2.40. The first-order valence-electron chi connectivity index (χ1n) is 10.5. The number of halogens is 1. The maximum Gasteiger partial charge on any atom is 0.257 e. The molecule has 3 atom stereocenters. The van der Waals surface area contributed by atoms with Gasteiger partial charge in [-0.05, 0) is 36.8 Å². The van der Waals surface area contributed by atoms with Crippen LogP contribution >= 0.6 is 15.9 Å². The minimum atomic E-state index is -0.917. The van der Waals surface area contributed by atoms with Crippen LogP contribution in [-0.4, -0.2) is 44.8 Å². The van der Waals surface area contributed by atoms with E-state index in [9.17, 15) is 14.4 Å². The zero-order valence-electron chi connectivity index (χ0n) is 17.7. The van der Waals surface area contributed by atoms with Crippen molar-refractivity contribution in [3.63, 3.8) is 0 Å². The molecule has 0 bridgehead atoms. The topological polar surface area (TPSA) is 123 Å². The predicted molar refractivity (Wildman–Crippen MR) is 121 cm³/mol. The number of para-hydroxylation sites is 1. The molecule has 168 valence electrons. The molecule has 1 aromatic heterocycles. The number of hydrogen-bond donors (Lipinski definition) is 5. The van der Waals surface area contributed by atoms with Crippen LogP contribution in [0.3, 0.4) is 0 Å². The van der Waals surface area contributed by atoms with E-state index in [1.54, 1.807) is 5.48 Å². The largest absolute Gasteiger partial charge is 0.361 e. The summed E-state index contributed by atoms with van der Waals surface area (Å²) in [4.78, 5) is 40.3. The lowest BCUT2D eigenvalue weighted by Gasteiger charge is -2.25. The van der Waals surface area contributed by atoms with Gasteiger partial charge in [0.05, 0.1) is 5.92 Å². The molecule has 1 aromatic carbocycles. The number of hydrogen-bond acceptors (Lipinski definition) is 4. The van der Waals surface area contributed by atoms with Crippen LogP contribution in [0.25, 0.3) is 10.9 Å². The molecule has 1 aliphatic rings.